The quantitative estimate of drug-likeness (QED) is 0.667. The Labute approximate surface area is 127 Å². The van der Waals surface area contributed by atoms with Gasteiger partial charge < -0.3 is 4.74 Å². The SMILES string of the molecule is COCc1nnc(NC(=O)c2ccc(Cl)cc2[N+](=O)[O-])s1. The first-order valence-corrected chi connectivity index (χ1v) is 6.77. The monoisotopic (exact) mass is 328 g/mol. The topological polar surface area (TPSA) is 107 Å². The summed E-state index contributed by atoms with van der Waals surface area (Å²) in [5.41, 5.74) is -0.477. The van der Waals surface area contributed by atoms with Gasteiger partial charge in [0.1, 0.15) is 17.2 Å². The van der Waals surface area contributed by atoms with E-state index in [2.05, 4.69) is 15.5 Å². The van der Waals surface area contributed by atoms with Crippen LogP contribution in [0, 0.1) is 10.1 Å². The standard InChI is InChI=1S/C11H9ClN4O4S/c1-20-5-9-14-15-11(21-9)13-10(17)7-3-2-6(12)4-8(7)16(18)19/h2-4H,5H2,1H3,(H,13,15,17). The molecule has 0 saturated heterocycles. The lowest BCUT2D eigenvalue weighted by atomic mass is 10.1. The number of amides is 1. The zero-order valence-electron chi connectivity index (χ0n) is 10.7. The molecule has 0 aliphatic heterocycles. The van der Waals surface area contributed by atoms with E-state index in [0.29, 0.717) is 5.01 Å². The number of carbonyl (C=O) groups is 1. The first-order valence-electron chi connectivity index (χ1n) is 5.58. The highest BCUT2D eigenvalue weighted by Gasteiger charge is 2.21. The summed E-state index contributed by atoms with van der Waals surface area (Å²) in [7, 11) is 1.51. The molecular formula is C11H9ClN4O4S. The fraction of sp³-hybridized carbons (Fsp3) is 0.182. The summed E-state index contributed by atoms with van der Waals surface area (Å²) in [6, 6.07) is 3.81. The Kier molecular flexibility index (Phi) is 4.78. The van der Waals surface area contributed by atoms with Crippen LogP contribution in [0.2, 0.25) is 5.02 Å². The average Bonchev–Trinajstić information content (AvgIpc) is 2.86. The number of aromatic nitrogens is 2. The van der Waals surface area contributed by atoms with E-state index in [4.69, 9.17) is 16.3 Å². The molecule has 1 aromatic carbocycles. The van der Waals surface area contributed by atoms with Crippen LogP contribution in [0.3, 0.4) is 0 Å². The smallest absolute Gasteiger partial charge is 0.283 e. The van der Waals surface area contributed by atoms with Crippen LogP contribution in [0.4, 0.5) is 10.8 Å². The largest absolute Gasteiger partial charge is 0.377 e. The number of rotatable bonds is 5. The summed E-state index contributed by atoms with van der Waals surface area (Å²) in [5, 5.41) is 21.9. The van der Waals surface area contributed by atoms with Crippen LogP contribution in [0.1, 0.15) is 15.4 Å². The van der Waals surface area contributed by atoms with Gasteiger partial charge in [-0.1, -0.05) is 22.9 Å². The Hall–Kier alpha value is -2.10. The molecule has 0 radical (unpaired) electrons. The van der Waals surface area contributed by atoms with E-state index in [1.54, 1.807) is 0 Å². The second kappa shape index (κ2) is 6.57. The van der Waals surface area contributed by atoms with Gasteiger partial charge in [-0.15, -0.1) is 10.2 Å². The van der Waals surface area contributed by atoms with Gasteiger partial charge in [0, 0.05) is 18.2 Å². The van der Waals surface area contributed by atoms with Crippen molar-refractivity contribution in [2.45, 2.75) is 6.61 Å². The molecule has 1 N–H and O–H groups in total. The summed E-state index contributed by atoms with van der Waals surface area (Å²) in [4.78, 5) is 22.3. The molecule has 110 valence electrons. The first-order chi connectivity index (χ1) is 10.0. The Morgan fingerprint density at radius 2 is 2.29 bits per heavy atom. The van der Waals surface area contributed by atoms with Gasteiger partial charge in [0.25, 0.3) is 11.6 Å². The molecule has 0 atom stereocenters. The minimum Gasteiger partial charge on any atom is -0.377 e. The molecule has 0 fully saturated rings. The number of carbonyl (C=O) groups excluding carboxylic acids is 1. The molecule has 0 spiro atoms. The molecule has 10 heteroatoms. The number of halogens is 1. The van der Waals surface area contributed by atoms with Crippen LogP contribution in [0.25, 0.3) is 0 Å². The number of nitro benzene ring substituents is 1. The van der Waals surface area contributed by atoms with Gasteiger partial charge in [0.15, 0.2) is 0 Å². The van der Waals surface area contributed by atoms with Crippen molar-refractivity contribution in [3.63, 3.8) is 0 Å². The van der Waals surface area contributed by atoms with Crippen molar-refractivity contribution in [2.24, 2.45) is 0 Å². The lowest BCUT2D eigenvalue weighted by molar-refractivity contribution is -0.385. The van der Waals surface area contributed by atoms with E-state index in [9.17, 15) is 14.9 Å². The van der Waals surface area contributed by atoms with Gasteiger partial charge in [-0.05, 0) is 12.1 Å². The Morgan fingerprint density at radius 1 is 1.52 bits per heavy atom. The number of hydrogen-bond donors (Lipinski definition) is 1. The van der Waals surface area contributed by atoms with E-state index in [0.717, 1.165) is 17.4 Å². The second-order valence-electron chi connectivity index (χ2n) is 3.81. The average molecular weight is 329 g/mol. The second-order valence-corrected chi connectivity index (χ2v) is 5.31. The molecule has 0 unspecified atom stereocenters. The van der Waals surface area contributed by atoms with Crippen LogP contribution >= 0.6 is 22.9 Å². The molecule has 0 aliphatic carbocycles. The van der Waals surface area contributed by atoms with Gasteiger partial charge >= 0.3 is 0 Å². The van der Waals surface area contributed by atoms with Gasteiger partial charge in [-0.3, -0.25) is 20.2 Å². The molecule has 0 bridgehead atoms. The maximum absolute atomic E-state index is 12.1. The zero-order valence-corrected chi connectivity index (χ0v) is 12.3. The van der Waals surface area contributed by atoms with E-state index in [1.807, 2.05) is 0 Å². The minimum atomic E-state index is -0.669. The summed E-state index contributed by atoms with van der Waals surface area (Å²) in [6.45, 7) is 0.272. The first kappa shape index (κ1) is 15.3. The molecular weight excluding hydrogens is 320 g/mol. The maximum Gasteiger partial charge on any atom is 0.283 e. The Balaban J connectivity index is 2.21. The van der Waals surface area contributed by atoms with Crippen LogP contribution in [0.15, 0.2) is 18.2 Å². The lowest BCUT2D eigenvalue weighted by Gasteiger charge is -2.02. The number of nitro groups is 1. The molecule has 0 aliphatic rings. The van der Waals surface area contributed by atoms with Crippen molar-refractivity contribution in [3.05, 3.63) is 43.9 Å². The maximum atomic E-state index is 12.1. The van der Waals surface area contributed by atoms with Crippen LogP contribution in [-0.4, -0.2) is 28.1 Å². The number of benzene rings is 1. The highest BCUT2D eigenvalue weighted by atomic mass is 35.5. The molecule has 1 aromatic heterocycles. The van der Waals surface area contributed by atoms with Crippen molar-refractivity contribution in [2.75, 3.05) is 12.4 Å². The van der Waals surface area contributed by atoms with Gasteiger partial charge in [0.05, 0.1) is 4.92 Å². The van der Waals surface area contributed by atoms with Crippen molar-refractivity contribution in [3.8, 4) is 0 Å². The third-order valence-electron chi connectivity index (χ3n) is 2.36. The van der Waals surface area contributed by atoms with E-state index >= 15 is 0 Å². The summed E-state index contributed by atoms with van der Waals surface area (Å²) < 4.78 is 4.89. The number of ether oxygens (including phenoxy) is 1. The molecule has 0 saturated carbocycles. The van der Waals surface area contributed by atoms with Gasteiger partial charge in [-0.25, -0.2) is 0 Å². The van der Waals surface area contributed by atoms with E-state index in [-0.39, 0.29) is 28.0 Å². The number of anilines is 1. The Morgan fingerprint density at radius 3 is 2.95 bits per heavy atom. The number of methoxy groups -OCH3 is 1. The Bertz CT molecular complexity index is 691. The molecule has 21 heavy (non-hydrogen) atoms. The third kappa shape index (κ3) is 3.72. The molecule has 2 aromatic rings. The summed E-state index contributed by atoms with van der Waals surface area (Å²) in [6.07, 6.45) is 0. The lowest BCUT2D eigenvalue weighted by Crippen LogP contribution is -2.13. The fourth-order valence-corrected chi connectivity index (χ4v) is 2.37. The summed E-state index contributed by atoms with van der Waals surface area (Å²) >= 11 is 6.82. The highest BCUT2D eigenvalue weighted by Crippen LogP contribution is 2.25. The molecule has 1 heterocycles. The highest BCUT2D eigenvalue weighted by molar-refractivity contribution is 7.15. The van der Waals surface area contributed by atoms with Crippen LogP contribution in [0.5, 0.6) is 0 Å². The predicted molar refractivity (Wildman–Crippen MR) is 76.7 cm³/mol. The van der Waals surface area contributed by atoms with Crippen LogP contribution in [-0.2, 0) is 11.3 Å². The molecule has 8 nitrogen and oxygen atoms in total. The van der Waals surface area contributed by atoms with Crippen molar-refractivity contribution >= 4 is 39.7 Å². The molecule has 1 amide bonds. The van der Waals surface area contributed by atoms with Gasteiger partial charge in [0.2, 0.25) is 5.13 Å². The van der Waals surface area contributed by atoms with Crippen molar-refractivity contribution in [1.29, 1.82) is 0 Å². The number of hydrogen-bond acceptors (Lipinski definition) is 7. The van der Waals surface area contributed by atoms with Crippen molar-refractivity contribution in [1.82, 2.24) is 10.2 Å². The fourth-order valence-electron chi connectivity index (χ4n) is 1.50. The summed E-state index contributed by atoms with van der Waals surface area (Å²) in [5.74, 6) is -0.654. The minimum absolute atomic E-state index is 0.104. The normalized spacial score (nSPS) is 10.4. The predicted octanol–water partition coefficient (Wildman–Crippen LogP) is 2.50. The number of nitrogens with one attached hydrogen (secondary N) is 1. The zero-order chi connectivity index (χ0) is 15.4. The van der Waals surface area contributed by atoms with Crippen molar-refractivity contribution < 1.29 is 14.5 Å². The number of nitrogens with zero attached hydrogens (tertiary/aromatic N) is 3. The molecule has 2 rings (SSSR count). The van der Waals surface area contributed by atoms with Gasteiger partial charge in [-0.2, -0.15) is 0 Å². The van der Waals surface area contributed by atoms with Crippen LogP contribution < -0.4 is 5.32 Å². The third-order valence-corrected chi connectivity index (χ3v) is 3.40. The van der Waals surface area contributed by atoms with E-state index < -0.39 is 10.8 Å². The van der Waals surface area contributed by atoms with E-state index in [1.165, 1.54) is 19.2 Å².